The zero-order valence-electron chi connectivity index (χ0n) is 8.72. The minimum absolute atomic E-state index is 0.524. The van der Waals surface area contributed by atoms with Crippen molar-refractivity contribution >= 4 is 27.5 Å². The molecule has 0 aliphatic heterocycles. The molecule has 1 aromatic rings. The fourth-order valence-electron chi connectivity index (χ4n) is 1.39. The Morgan fingerprint density at radius 3 is 2.73 bits per heavy atom. The van der Waals surface area contributed by atoms with Crippen LogP contribution >= 0.6 is 27.5 Å². The van der Waals surface area contributed by atoms with Crippen molar-refractivity contribution in [1.82, 2.24) is 0 Å². The molecule has 0 aromatic heterocycles. The Morgan fingerprint density at radius 1 is 1.47 bits per heavy atom. The van der Waals surface area contributed by atoms with Gasteiger partial charge in [0.05, 0.1) is 6.61 Å². The van der Waals surface area contributed by atoms with Crippen LogP contribution in [0.5, 0.6) is 0 Å². The Hall–Kier alpha value is -0.0900. The maximum absolute atomic E-state index is 6.15. The largest absolute Gasteiger partial charge is 0.380 e. The third-order valence-electron chi connectivity index (χ3n) is 2.16. The van der Waals surface area contributed by atoms with Gasteiger partial charge in [-0.05, 0) is 37.1 Å². The van der Waals surface area contributed by atoms with Crippen LogP contribution in [-0.4, -0.2) is 13.7 Å². The van der Waals surface area contributed by atoms with Crippen LogP contribution < -0.4 is 5.73 Å². The van der Waals surface area contributed by atoms with Gasteiger partial charge < -0.3 is 10.5 Å². The minimum atomic E-state index is 0.524. The molecule has 4 heteroatoms. The van der Waals surface area contributed by atoms with Crippen molar-refractivity contribution in [1.29, 1.82) is 0 Å². The predicted molar refractivity (Wildman–Crippen MR) is 67.2 cm³/mol. The van der Waals surface area contributed by atoms with E-state index in [1.54, 1.807) is 7.11 Å². The van der Waals surface area contributed by atoms with E-state index in [9.17, 15) is 0 Å². The van der Waals surface area contributed by atoms with E-state index in [0.717, 1.165) is 27.9 Å². The summed E-state index contributed by atoms with van der Waals surface area (Å²) in [5.41, 5.74) is 7.67. The molecule has 0 aliphatic rings. The summed E-state index contributed by atoms with van der Waals surface area (Å²) < 4.78 is 6.08. The van der Waals surface area contributed by atoms with Gasteiger partial charge in [-0.3, -0.25) is 0 Å². The fraction of sp³-hybridized carbons (Fsp3) is 0.455. The molecule has 15 heavy (non-hydrogen) atoms. The summed E-state index contributed by atoms with van der Waals surface area (Å²) >= 11 is 9.65. The van der Waals surface area contributed by atoms with Crippen molar-refractivity contribution in [2.24, 2.45) is 5.73 Å². The number of hydrogen-bond donors (Lipinski definition) is 1. The molecular weight excluding hydrogens is 277 g/mol. The second kappa shape index (κ2) is 6.48. The highest BCUT2D eigenvalue weighted by molar-refractivity contribution is 9.10. The quantitative estimate of drug-likeness (QED) is 0.905. The van der Waals surface area contributed by atoms with Crippen LogP contribution in [0.25, 0.3) is 0 Å². The van der Waals surface area contributed by atoms with Gasteiger partial charge in [-0.2, -0.15) is 0 Å². The summed E-state index contributed by atoms with van der Waals surface area (Å²) in [5, 5.41) is 0.748. The first kappa shape index (κ1) is 13.0. The first-order valence-electron chi connectivity index (χ1n) is 4.84. The standard InChI is InChI=1S/C11H15BrClNO/c1-15-7-9-10(12)5-8(3-2-4-14)6-11(9)13/h5-6H,2-4,7,14H2,1H3. The first-order chi connectivity index (χ1) is 7.19. The number of hydrogen-bond acceptors (Lipinski definition) is 2. The van der Waals surface area contributed by atoms with Gasteiger partial charge in [-0.15, -0.1) is 0 Å². The van der Waals surface area contributed by atoms with Crippen molar-refractivity contribution in [2.45, 2.75) is 19.4 Å². The van der Waals surface area contributed by atoms with Crippen LogP contribution in [0, 0.1) is 0 Å². The Bertz CT molecular complexity index is 307. The molecule has 0 saturated carbocycles. The van der Waals surface area contributed by atoms with E-state index in [0.29, 0.717) is 13.2 Å². The zero-order chi connectivity index (χ0) is 11.3. The van der Waals surface area contributed by atoms with E-state index in [1.165, 1.54) is 5.56 Å². The lowest BCUT2D eigenvalue weighted by Gasteiger charge is -2.09. The van der Waals surface area contributed by atoms with Crippen molar-refractivity contribution in [2.75, 3.05) is 13.7 Å². The Balaban J connectivity index is 2.87. The molecule has 0 atom stereocenters. The average molecular weight is 293 g/mol. The van der Waals surface area contributed by atoms with Gasteiger partial charge in [-0.1, -0.05) is 27.5 Å². The van der Waals surface area contributed by atoms with Crippen molar-refractivity contribution in [3.63, 3.8) is 0 Å². The molecule has 0 saturated heterocycles. The molecule has 1 rings (SSSR count). The lowest BCUT2D eigenvalue weighted by atomic mass is 10.1. The van der Waals surface area contributed by atoms with Crippen molar-refractivity contribution in [3.8, 4) is 0 Å². The number of aryl methyl sites for hydroxylation is 1. The van der Waals surface area contributed by atoms with Gasteiger partial charge in [0.2, 0.25) is 0 Å². The van der Waals surface area contributed by atoms with Gasteiger partial charge in [0.25, 0.3) is 0 Å². The summed E-state index contributed by atoms with van der Waals surface area (Å²) in [6, 6.07) is 4.06. The summed E-state index contributed by atoms with van der Waals surface area (Å²) in [5.74, 6) is 0. The van der Waals surface area contributed by atoms with Crippen LogP contribution in [-0.2, 0) is 17.8 Å². The van der Waals surface area contributed by atoms with Crippen LogP contribution in [0.15, 0.2) is 16.6 Å². The molecule has 0 unspecified atom stereocenters. The number of halogens is 2. The zero-order valence-corrected chi connectivity index (χ0v) is 11.1. The van der Waals surface area contributed by atoms with Crippen LogP contribution in [0.2, 0.25) is 5.02 Å². The highest BCUT2D eigenvalue weighted by Crippen LogP contribution is 2.28. The van der Waals surface area contributed by atoms with E-state index in [4.69, 9.17) is 22.1 Å². The number of ether oxygens (including phenoxy) is 1. The predicted octanol–water partition coefficient (Wildman–Crippen LogP) is 3.14. The summed E-state index contributed by atoms with van der Waals surface area (Å²) in [7, 11) is 1.66. The average Bonchev–Trinajstić information content (AvgIpc) is 2.20. The fourth-order valence-corrected chi connectivity index (χ4v) is 2.42. The molecule has 0 fully saturated rings. The normalized spacial score (nSPS) is 10.7. The third-order valence-corrected chi connectivity index (χ3v) is 3.20. The third kappa shape index (κ3) is 3.76. The van der Waals surface area contributed by atoms with E-state index in [-0.39, 0.29) is 0 Å². The number of rotatable bonds is 5. The number of benzene rings is 1. The van der Waals surface area contributed by atoms with Crippen LogP contribution in [0.3, 0.4) is 0 Å². The summed E-state index contributed by atoms with van der Waals surface area (Å²) in [6.07, 6.45) is 1.94. The minimum Gasteiger partial charge on any atom is -0.380 e. The monoisotopic (exact) mass is 291 g/mol. The van der Waals surface area contributed by atoms with Crippen molar-refractivity contribution in [3.05, 3.63) is 32.8 Å². The number of nitrogens with two attached hydrogens (primary N) is 1. The summed E-state index contributed by atoms with van der Waals surface area (Å²) in [4.78, 5) is 0. The Labute approximate surface area is 104 Å². The molecule has 2 nitrogen and oxygen atoms in total. The van der Waals surface area contributed by atoms with E-state index >= 15 is 0 Å². The highest BCUT2D eigenvalue weighted by Gasteiger charge is 2.07. The van der Waals surface area contributed by atoms with Gasteiger partial charge in [0, 0.05) is 22.2 Å². The van der Waals surface area contributed by atoms with Crippen molar-refractivity contribution < 1.29 is 4.74 Å². The van der Waals surface area contributed by atoms with Crippen LogP contribution in [0.1, 0.15) is 17.5 Å². The van der Waals surface area contributed by atoms with Gasteiger partial charge in [0.1, 0.15) is 0 Å². The van der Waals surface area contributed by atoms with E-state index in [2.05, 4.69) is 22.0 Å². The Morgan fingerprint density at radius 2 is 2.20 bits per heavy atom. The molecule has 1 aromatic carbocycles. The molecule has 84 valence electrons. The lowest BCUT2D eigenvalue weighted by molar-refractivity contribution is 0.184. The number of methoxy groups -OCH3 is 1. The molecule has 0 aliphatic carbocycles. The van der Waals surface area contributed by atoms with Gasteiger partial charge in [-0.25, -0.2) is 0 Å². The van der Waals surface area contributed by atoms with Gasteiger partial charge >= 0.3 is 0 Å². The Kier molecular flexibility index (Phi) is 5.61. The molecule has 2 N–H and O–H groups in total. The highest BCUT2D eigenvalue weighted by atomic mass is 79.9. The molecular formula is C11H15BrClNO. The topological polar surface area (TPSA) is 35.2 Å². The maximum atomic E-state index is 6.15. The molecule has 0 radical (unpaired) electrons. The first-order valence-corrected chi connectivity index (χ1v) is 6.02. The molecule has 0 amide bonds. The second-order valence-electron chi connectivity index (χ2n) is 3.36. The molecule has 0 bridgehead atoms. The van der Waals surface area contributed by atoms with E-state index < -0.39 is 0 Å². The SMILES string of the molecule is COCc1c(Cl)cc(CCCN)cc1Br. The maximum Gasteiger partial charge on any atom is 0.0738 e. The smallest absolute Gasteiger partial charge is 0.0738 e. The lowest BCUT2D eigenvalue weighted by Crippen LogP contribution is -2.01. The summed E-state index contributed by atoms with van der Waals surface area (Å²) in [6.45, 7) is 1.23. The van der Waals surface area contributed by atoms with Gasteiger partial charge in [0.15, 0.2) is 0 Å². The van der Waals surface area contributed by atoms with Crippen LogP contribution in [0.4, 0.5) is 0 Å². The van der Waals surface area contributed by atoms with E-state index in [1.807, 2.05) is 6.07 Å². The second-order valence-corrected chi connectivity index (χ2v) is 4.62. The molecule has 0 spiro atoms. The molecule has 0 heterocycles.